The van der Waals surface area contributed by atoms with Crippen molar-refractivity contribution in [2.45, 2.75) is 31.2 Å². The fraction of sp³-hybridized carbons (Fsp3) is 0.375. The number of hydrogen-bond acceptors (Lipinski definition) is 5. The molecule has 2 N–H and O–H groups in total. The van der Waals surface area contributed by atoms with E-state index in [-0.39, 0.29) is 5.75 Å². The second-order valence-electron chi connectivity index (χ2n) is 5.44. The number of rotatable bonds is 7. The molecule has 0 aliphatic carbocycles. The standard InChI is InChI=1S/C16H18F3N5O2S/c1-2-24-12(8-11-6-4-3-5-7-11)22-23-15(24)27-9-13(25)21-14(26)20-10-16(17,18)19/h3-7H,2,8-10H2,1H3,(H2,20,21,25,26). The number of alkyl halides is 3. The van der Waals surface area contributed by atoms with Gasteiger partial charge >= 0.3 is 12.2 Å². The van der Waals surface area contributed by atoms with Gasteiger partial charge in [0.05, 0.1) is 5.75 Å². The lowest BCUT2D eigenvalue weighted by atomic mass is 10.1. The number of hydrogen-bond donors (Lipinski definition) is 2. The van der Waals surface area contributed by atoms with Gasteiger partial charge in [-0.15, -0.1) is 10.2 Å². The smallest absolute Gasteiger partial charge is 0.329 e. The van der Waals surface area contributed by atoms with Crippen LogP contribution < -0.4 is 10.6 Å². The summed E-state index contributed by atoms with van der Waals surface area (Å²) in [7, 11) is 0. The summed E-state index contributed by atoms with van der Waals surface area (Å²) < 4.78 is 37.9. The Kier molecular flexibility index (Phi) is 7.22. The van der Waals surface area contributed by atoms with E-state index in [1.54, 1.807) is 5.32 Å². The van der Waals surface area contributed by atoms with Crippen molar-refractivity contribution < 1.29 is 22.8 Å². The van der Waals surface area contributed by atoms with Crippen molar-refractivity contribution in [2.75, 3.05) is 12.3 Å². The molecule has 146 valence electrons. The number of thioether (sulfide) groups is 1. The van der Waals surface area contributed by atoms with E-state index in [4.69, 9.17) is 0 Å². The molecule has 0 spiro atoms. The Labute approximate surface area is 157 Å². The zero-order valence-corrected chi connectivity index (χ0v) is 15.2. The van der Waals surface area contributed by atoms with Crippen LogP contribution in [0.1, 0.15) is 18.3 Å². The number of urea groups is 1. The van der Waals surface area contributed by atoms with E-state index in [0.29, 0.717) is 18.1 Å². The molecule has 1 aromatic heterocycles. The van der Waals surface area contributed by atoms with Crippen molar-refractivity contribution in [1.82, 2.24) is 25.4 Å². The number of carbonyl (C=O) groups is 2. The monoisotopic (exact) mass is 401 g/mol. The molecule has 27 heavy (non-hydrogen) atoms. The van der Waals surface area contributed by atoms with Gasteiger partial charge in [-0.2, -0.15) is 13.2 Å². The number of benzene rings is 1. The van der Waals surface area contributed by atoms with Crippen molar-refractivity contribution in [3.63, 3.8) is 0 Å². The summed E-state index contributed by atoms with van der Waals surface area (Å²) in [4.78, 5) is 23.0. The Hall–Kier alpha value is -2.56. The number of nitrogens with one attached hydrogen (secondary N) is 2. The second-order valence-corrected chi connectivity index (χ2v) is 6.38. The van der Waals surface area contributed by atoms with Gasteiger partial charge in [-0.1, -0.05) is 42.1 Å². The minimum atomic E-state index is -4.54. The van der Waals surface area contributed by atoms with Gasteiger partial charge in [0.15, 0.2) is 5.16 Å². The molecule has 0 atom stereocenters. The molecule has 0 bridgehead atoms. The Morgan fingerprint density at radius 2 is 1.89 bits per heavy atom. The Balaban J connectivity index is 1.88. The topological polar surface area (TPSA) is 88.9 Å². The molecule has 0 radical (unpaired) electrons. The predicted molar refractivity (Wildman–Crippen MR) is 93.3 cm³/mol. The van der Waals surface area contributed by atoms with Crippen LogP contribution in [0.2, 0.25) is 0 Å². The van der Waals surface area contributed by atoms with Crippen molar-refractivity contribution in [2.24, 2.45) is 0 Å². The van der Waals surface area contributed by atoms with Crippen molar-refractivity contribution >= 4 is 23.7 Å². The maximum absolute atomic E-state index is 12.0. The third-order valence-corrected chi connectivity index (χ3v) is 4.32. The molecule has 0 unspecified atom stereocenters. The molecular weight excluding hydrogens is 383 g/mol. The SMILES string of the molecule is CCn1c(Cc2ccccc2)nnc1SCC(=O)NC(=O)NCC(F)(F)F. The van der Waals surface area contributed by atoms with Gasteiger partial charge in [-0.25, -0.2) is 4.79 Å². The van der Waals surface area contributed by atoms with Gasteiger partial charge in [0, 0.05) is 13.0 Å². The summed E-state index contributed by atoms with van der Waals surface area (Å²) in [6, 6.07) is 8.50. The fourth-order valence-corrected chi connectivity index (χ4v) is 2.99. The average molecular weight is 401 g/mol. The number of halogens is 3. The molecular formula is C16H18F3N5O2S. The first-order valence-electron chi connectivity index (χ1n) is 8.01. The Morgan fingerprint density at radius 1 is 1.19 bits per heavy atom. The lowest BCUT2D eigenvalue weighted by Gasteiger charge is -2.09. The zero-order chi connectivity index (χ0) is 19.9. The molecule has 0 saturated carbocycles. The highest BCUT2D eigenvalue weighted by Gasteiger charge is 2.28. The van der Waals surface area contributed by atoms with Gasteiger partial charge in [0.1, 0.15) is 12.4 Å². The van der Waals surface area contributed by atoms with Gasteiger partial charge in [0.25, 0.3) is 0 Å². The number of imide groups is 1. The first-order chi connectivity index (χ1) is 12.8. The maximum Gasteiger partial charge on any atom is 0.405 e. The minimum Gasteiger partial charge on any atom is -0.329 e. The highest BCUT2D eigenvalue weighted by Crippen LogP contribution is 2.18. The van der Waals surface area contributed by atoms with Crippen LogP contribution in [0.4, 0.5) is 18.0 Å². The van der Waals surface area contributed by atoms with Crippen LogP contribution >= 0.6 is 11.8 Å². The molecule has 2 rings (SSSR count). The van der Waals surface area contributed by atoms with E-state index in [2.05, 4.69) is 10.2 Å². The van der Waals surface area contributed by atoms with Gasteiger partial charge < -0.3 is 9.88 Å². The normalized spacial score (nSPS) is 11.3. The van der Waals surface area contributed by atoms with Crippen molar-refractivity contribution in [1.29, 1.82) is 0 Å². The molecule has 0 aliphatic rings. The summed E-state index contributed by atoms with van der Waals surface area (Å²) in [5, 5.41) is 12.1. The van der Waals surface area contributed by atoms with Crippen LogP contribution in [0.15, 0.2) is 35.5 Å². The van der Waals surface area contributed by atoms with Crippen molar-refractivity contribution in [3.05, 3.63) is 41.7 Å². The summed E-state index contributed by atoms with van der Waals surface area (Å²) in [5.74, 6) is -0.174. The molecule has 0 aliphatic heterocycles. The predicted octanol–water partition coefficient (Wildman–Crippen LogP) is 2.37. The first kappa shape index (κ1) is 20.7. The molecule has 2 aromatic rings. The molecule has 1 aromatic carbocycles. The number of aromatic nitrogens is 3. The second kappa shape index (κ2) is 9.40. The largest absolute Gasteiger partial charge is 0.405 e. The van der Waals surface area contributed by atoms with Crippen LogP contribution in [-0.2, 0) is 17.8 Å². The number of amides is 3. The van der Waals surface area contributed by atoms with Gasteiger partial charge in [0.2, 0.25) is 5.91 Å². The van der Waals surface area contributed by atoms with Crippen LogP contribution in [0.25, 0.3) is 0 Å². The van der Waals surface area contributed by atoms with Crippen LogP contribution in [0.3, 0.4) is 0 Å². The third-order valence-electron chi connectivity index (χ3n) is 3.35. The molecule has 1 heterocycles. The van der Waals surface area contributed by atoms with Gasteiger partial charge in [-0.05, 0) is 12.5 Å². The summed E-state index contributed by atoms with van der Waals surface area (Å²) in [6.45, 7) is 0.990. The average Bonchev–Trinajstić information content (AvgIpc) is 3.00. The summed E-state index contributed by atoms with van der Waals surface area (Å²) in [5.41, 5.74) is 1.07. The molecule has 7 nitrogen and oxygen atoms in total. The lowest BCUT2D eigenvalue weighted by molar-refractivity contribution is -0.124. The highest BCUT2D eigenvalue weighted by atomic mass is 32.2. The lowest BCUT2D eigenvalue weighted by Crippen LogP contribution is -2.43. The number of nitrogens with zero attached hydrogens (tertiary/aromatic N) is 3. The van der Waals surface area contributed by atoms with Crippen molar-refractivity contribution in [3.8, 4) is 0 Å². The third kappa shape index (κ3) is 6.93. The first-order valence-corrected chi connectivity index (χ1v) is 9.00. The zero-order valence-electron chi connectivity index (χ0n) is 14.4. The quantitative estimate of drug-likeness (QED) is 0.696. The number of carbonyl (C=O) groups excluding carboxylic acids is 2. The fourth-order valence-electron chi connectivity index (χ4n) is 2.17. The van der Waals surface area contributed by atoms with Crippen LogP contribution in [0, 0.1) is 0 Å². The molecule has 3 amide bonds. The Morgan fingerprint density at radius 3 is 2.52 bits per heavy atom. The van der Waals surface area contributed by atoms with E-state index in [0.717, 1.165) is 23.1 Å². The van der Waals surface area contributed by atoms with E-state index in [9.17, 15) is 22.8 Å². The summed E-state index contributed by atoms with van der Waals surface area (Å²) in [6.07, 6.45) is -3.96. The highest BCUT2D eigenvalue weighted by molar-refractivity contribution is 7.99. The van der Waals surface area contributed by atoms with Crippen LogP contribution in [0.5, 0.6) is 0 Å². The molecule has 11 heteroatoms. The van der Waals surface area contributed by atoms with E-state index in [1.165, 1.54) is 0 Å². The van der Waals surface area contributed by atoms with E-state index < -0.39 is 24.7 Å². The molecule has 0 saturated heterocycles. The Bertz CT molecular complexity index is 780. The van der Waals surface area contributed by atoms with Crippen LogP contribution in [-0.4, -0.2) is 45.2 Å². The molecule has 0 fully saturated rings. The van der Waals surface area contributed by atoms with E-state index in [1.807, 2.05) is 47.1 Å². The van der Waals surface area contributed by atoms with E-state index >= 15 is 0 Å². The maximum atomic E-state index is 12.0. The van der Waals surface area contributed by atoms with Gasteiger partial charge in [-0.3, -0.25) is 10.1 Å². The minimum absolute atomic E-state index is 0.178. The summed E-state index contributed by atoms with van der Waals surface area (Å²) >= 11 is 1.05.